The van der Waals surface area contributed by atoms with E-state index in [0.29, 0.717) is 5.25 Å². The minimum absolute atomic E-state index is 0.459. The molecule has 0 amide bonds. The molecule has 26 heavy (non-hydrogen) atoms. The summed E-state index contributed by atoms with van der Waals surface area (Å²) in [4.78, 5) is 0.893. The monoisotopic (exact) mass is 388 g/mol. The number of allylic oxidation sites excluding steroid dienone is 1. The van der Waals surface area contributed by atoms with Crippen molar-refractivity contribution in [2.45, 2.75) is 48.9 Å². The number of hydrogen-bond donors (Lipinski definition) is 0. The van der Waals surface area contributed by atoms with Crippen molar-refractivity contribution in [2.24, 2.45) is 5.92 Å². The summed E-state index contributed by atoms with van der Waals surface area (Å²) in [5, 5.41) is 0.459. The van der Waals surface area contributed by atoms with Crippen molar-refractivity contribution >= 4 is 11.8 Å². The lowest BCUT2D eigenvalue weighted by Gasteiger charge is -2.21. The molecule has 0 unspecified atom stereocenters. The van der Waals surface area contributed by atoms with Crippen LogP contribution in [0, 0.1) is 5.92 Å². The minimum Gasteiger partial charge on any atom is -0.381 e. The summed E-state index contributed by atoms with van der Waals surface area (Å²) in [7, 11) is 0. The van der Waals surface area contributed by atoms with E-state index < -0.39 is 11.7 Å². The molecule has 2 nitrogen and oxygen atoms in total. The fraction of sp³-hybridized carbons (Fsp3) is 0.600. The number of alkyl halides is 3. The van der Waals surface area contributed by atoms with Gasteiger partial charge in [-0.3, -0.25) is 0 Å². The molecule has 0 spiro atoms. The predicted octanol–water partition coefficient (Wildman–Crippen LogP) is 5.97. The minimum atomic E-state index is -4.25. The Labute approximate surface area is 158 Å². The molecule has 1 aromatic rings. The van der Waals surface area contributed by atoms with E-state index in [1.807, 2.05) is 0 Å². The van der Waals surface area contributed by atoms with Crippen LogP contribution < -0.4 is 0 Å². The highest BCUT2D eigenvalue weighted by Gasteiger charge is 2.30. The van der Waals surface area contributed by atoms with Gasteiger partial charge in [0.2, 0.25) is 0 Å². The van der Waals surface area contributed by atoms with Crippen LogP contribution in [-0.4, -0.2) is 31.7 Å². The zero-order valence-corrected chi connectivity index (χ0v) is 16.0. The molecule has 6 heteroatoms. The summed E-state index contributed by atoms with van der Waals surface area (Å²) in [5.41, 5.74) is 0.729. The van der Waals surface area contributed by atoms with E-state index in [0.717, 1.165) is 62.2 Å². The van der Waals surface area contributed by atoms with Gasteiger partial charge >= 0.3 is 6.18 Å². The fourth-order valence-corrected chi connectivity index (χ4v) is 4.01. The molecule has 1 aromatic carbocycles. The van der Waals surface area contributed by atoms with Crippen LogP contribution in [0.1, 0.15) is 38.2 Å². The Hall–Kier alpha value is -0.980. The van der Waals surface area contributed by atoms with Crippen molar-refractivity contribution in [3.8, 4) is 0 Å². The molecule has 3 rings (SSSR count). The van der Waals surface area contributed by atoms with Crippen LogP contribution in [0.25, 0.3) is 0 Å². The van der Waals surface area contributed by atoms with Crippen LogP contribution in [0.15, 0.2) is 41.3 Å². The standard InChI is InChI=1S/C12H13F3OS.C8H14O/c13-12(14,15)9-1-3-10(4-2-9)17-11-5-7-16-8-6-11;1-7(2)8-3-5-9-6-4-8/h1-4,11H,5-8H2;8H,1,3-6H2,2H3. The summed E-state index contributed by atoms with van der Waals surface area (Å²) in [5.74, 6) is 0.735. The van der Waals surface area contributed by atoms with Gasteiger partial charge in [0.1, 0.15) is 0 Å². The van der Waals surface area contributed by atoms with Gasteiger partial charge in [-0.25, -0.2) is 0 Å². The molecule has 2 aliphatic rings. The predicted molar refractivity (Wildman–Crippen MR) is 99.5 cm³/mol. The van der Waals surface area contributed by atoms with E-state index in [1.165, 1.54) is 18.4 Å². The van der Waals surface area contributed by atoms with Crippen molar-refractivity contribution in [3.05, 3.63) is 42.0 Å². The van der Waals surface area contributed by atoms with Crippen LogP contribution in [0.2, 0.25) is 0 Å². The maximum Gasteiger partial charge on any atom is 0.416 e. The second-order valence-electron chi connectivity index (χ2n) is 6.68. The third kappa shape index (κ3) is 7.33. The second kappa shape index (κ2) is 10.4. The van der Waals surface area contributed by atoms with Crippen molar-refractivity contribution in [2.75, 3.05) is 26.4 Å². The molecule has 2 saturated heterocycles. The summed E-state index contributed by atoms with van der Waals surface area (Å²) in [6, 6.07) is 5.37. The Morgan fingerprint density at radius 3 is 1.88 bits per heavy atom. The van der Waals surface area contributed by atoms with Gasteiger partial charge in [0.05, 0.1) is 5.56 Å². The van der Waals surface area contributed by atoms with Crippen LogP contribution in [0.5, 0.6) is 0 Å². The van der Waals surface area contributed by atoms with Gasteiger partial charge < -0.3 is 9.47 Å². The first kappa shape index (κ1) is 21.3. The van der Waals surface area contributed by atoms with Crippen molar-refractivity contribution in [1.29, 1.82) is 0 Å². The molecule has 2 aliphatic heterocycles. The molecule has 146 valence electrons. The molecule has 0 bridgehead atoms. The maximum absolute atomic E-state index is 12.4. The van der Waals surface area contributed by atoms with Gasteiger partial charge in [0.15, 0.2) is 0 Å². The number of thioether (sulfide) groups is 1. The van der Waals surface area contributed by atoms with E-state index in [2.05, 4.69) is 13.5 Å². The SMILES string of the molecule is C=C(C)C1CCOCC1.FC(F)(F)c1ccc(SC2CCOCC2)cc1. The molecular formula is C20H27F3O2S. The Balaban J connectivity index is 0.000000228. The van der Waals surface area contributed by atoms with E-state index in [-0.39, 0.29) is 0 Å². The first-order valence-electron chi connectivity index (χ1n) is 9.01. The molecule has 0 saturated carbocycles. The lowest BCUT2D eigenvalue weighted by molar-refractivity contribution is -0.137. The topological polar surface area (TPSA) is 18.5 Å². The van der Waals surface area contributed by atoms with E-state index >= 15 is 0 Å². The molecule has 2 heterocycles. The molecular weight excluding hydrogens is 361 g/mol. The third-order valence-electron chi connectivity index (χ3n) is 4.57. The summed E-state index contributed by atoms with van der Waals surface area (Å²) in [6.45, 7) is 9.38. The van der Waals surface area contributed by atoms with Gasteiger partial charge in [-0.1, -0.05) is 12.2 Å². The Bertz CT molecular complexity index is 545. The second-order valence-corrected chi connectivity index (χ2v) is 8.06. The number of hydrogen-bond acceptors (Lipinski definition) is 3. The number of halogens is 3. The Morgan fingerprint density at radius 2 is 1.46 bits per heavy atom. The first-order chi connectivity index (χ1) is 12.4. The first-order valence-corrected chi connectivity index (χ1v) is 9.89. The zero-order chi connectivity index (χ0) is 19.0. The van der Waals surface area contributed by atoms with Gasteiger partial charge in [0, 0.05) is 36.6 Å². The van der Waals surface area contributed by atoms with E-state index in [9.17, 15) is 13.2 Å². The molecule has 2 fully saturated rings. The molecule has 0 aliphatic carbocycles. The van der Waals surface area contributed by atoms with Crippen molar-refractivity contribution in [3.63, 3.8) is 0 Å². The lowest BCUT2D eigenvalue weighted by Crippen LogP contribution is -2.17. The molecule has 0 N–H and O–H groups in total. The van der Waals surface area contributed by atoms with Gasteiger partial charge in [0.25, 0.3) is 0 Å². The molecule has 0 radical (unpaired) electrons. The number of benzene rings is 1. The normalized spacial score (nSPS) is 19.5. The highest BCUT2D eigenvalue weighted by atomic mass is 32.2. The molecule has 0 atom stereocenters. The highest BCUT2D eigenvalue weighted by Crippen LogP contribution is 2.33. The Morgan fingerprint density at radius 1 is 0.962 bits per heavy atom. The third-order valence-corrected chi connectivity index (χ3v) is 5.92. The Kier molecular flexibility index (Phi) is 8.51. The van der Waals surface area contributed by atoms with Gasteiger partial charge in [-0.05, 0) is 62.8 Å². The van der Waals surface area contributed by atoms with Crippen LogP contribution in [0.4, 0.5) is 13.2 Å². The number of rotatable bonds is 3. The van der Waals surface area contributed by atoms with Gasteiger partial charge in [-0.2, -0.15) is 13.2 Å². The molecule has 0 aromatic heterocycles. The summed E-state index contributed by atoms with van der Waals surface area (Å²) in [6.07, 6.45) is 0.0317. The number of ether oxygens (including phenoxy) is 2. The smallest absolute Gasteiger partial charge is 0.381 e. The lowest BCUT2D eigenvalue weighted by atomic mass is 9.94. The van der Waals surface area contributed by atoms with Crippen LogP contribution in [-0.2, 0) is 15.7 Å². The van der Waals surface area contributed by atoms with Crippen LogP contribution in [0.3, 0.4) is 0 Å². The van der Waals surface area contributed by atoms with E-state index in [1.54, 1.807) is 23.9 Å². The van der Waals surface area contributed by atoms with Gasteiger partial charge in [-0.15, -0.1) is 11.8 Å². The van der Waals surface area contributed by atoms with Crippen molar-refractivity contribution < 1.29 is 22.6 Å². The fourth-order valence-electron chi connectivity index (χ4n) is 2.90. The largest absolute Gasteiger partial charge is 0.416 e. The zero-order valence-electron chi connectivity index (χ0n) is 15.2. The quantitative estimate of drug-likeness (QED) is 0.595. The maximum atomic E-state index is 12.4. The average Bonchev–Trinajstić information content (AvgIpc) is 2.63. The summed E-state index contributed by atoms with van der Waals surface area (Å²) < 4.78 is 47.5. The van der Waals surface area contributed by atoms with E-state index in [4.69, 9.17) is 9.47 Å². The highest BCUT2D eigenvalue weighted by molar-refractivity contribution is 8.00. The van der Waals surface area contributed by atoms with Crippen LogP contribution >= 0.6 is 11.8 Å². The summed E-state index contributed by atoms with van der Waals surface area (Å²) >= 11 is 1.64. The van der Waals surface area contributed by atoms with Crippen molar-refractivity contribution in [1.82, 2.24) is 0 Å². The average molecular weight is 388 g/mol.